The molecule has 0 unspecified atom stereocenters. The number of methoxy groups -OCH3 is 1. The number of halogens is 1. The van der Waals surface area contributed by atoms with Gasteiger partial charge in [-0.15, -0.1) is 0 Å². The number of anilines is 2. The molecule has 1 heterocycles. The molecule has 2 aromatic carbocycles. The van der Waals surface area contributed by atoms with Crippen LogP contribution in [0.25, 0.3) is 0 Å². The number of carbonyl (C=O) groups excluding carboxylic acids is 3. The third kappa shape index (κ3) is 5.55. The molecule has 164 valence electrons. The third-order valence-corrected chi connectivity index (χ3v) is 5.28. The molecule has 1 atom stereocenters. The molecule has 7 nitrogen and oxygen atoms in total. The Morgan fingerprint density at radius 3 is 2.61 bits per heavy atom. The molecule has 1 fully saturated rings. The molecule has 1 saturated heterocycles. The number of carbonyl (C=O) groups is 3. The Morgan fingerprint density at radius 1 is 1.19 bits per heavy atom. The van der Waals surface area contributed by atoms with Crippen molar-refractivity contribution in [3.8, 4) is 5.75 Å². The van der Waals surface area contributed by atoms with E-state index in [0.29, 0.717) is 34.3 Å². The van der Waals surface area contributed by atoms with Crippen molar-refractivity contribution in [2.45, 2.75) is 26.2 Å². The molecule has 3 rings (SSSR count). The predicted octanol–water partition coefficient (Wildman–Crippen LogP) is 4.30. The Labute approximate surface area is 186 Å². The number of esters is 1. The van der Waals surface area contributed by atoms with Crippen LogP contribution in [-0.4, -0.2) is 38.0 Å². The van der Waals surface area contributed by atoms with Gasteiger partial charge in [-0.1, -0.05) is 24.9 Å². The largest absolute Gasteiger partial charge is 0.495 e. The Kier molecular flexibility index (Phi) is 7.52. The van der Waals surface area contributed by atoms with Gasteiger partial charge in [0, 0.05) is 23.7 Å². The highest BCUT2D eigenvalue weighted by Crippen LogP contribution is 2.35. The second kappa shape index (κ2) is 10.3. The van der Waals surface area contributed by atoms with Gasteiger partial charge in [-0.05, 0) is 48.9 Å². The van der Waals surface area contributed by atoms with E-state index in [9.17, 15) is 14.4 Å². The van der Waals surface area contributed by atoms with Gasteiger partial charge in [-0.3, -0.25) is 9.59 Å². The van der Waals surface area contributed by atoms with Crippen LogP contribution in [0.3, 0.4) is 0 Å². The summed E-state index contributed by atoms with van der Waals surface area (Å²) in [4.78, 5) is 38.7. The Hall–Kier alpha value is -3.06. The van der Waals surface area contributed by atoms with Gasteiger partial charge in [-0.25, -0.2) is 4.79 Å². The van der Waals surface area contributed by atoms with Crippen molar-refractivity contribution in [1.29, 1.82) is 0 Å². The van der Waals surface area contributed by atoms with Crippen LogP contribution in [0, 0.1) is 5.92 Å². The SMILES string of the molecule is CCCCOC(=O)c1ccc(NC(=O)[C@H]2CC(=O)N(c3cc(Cl)ccc3OC)C2)cc1. The van der Waals surface area contributed by atoms with Crippen molar-refractivity contribution in [3.63, 3.8) is 0 Å². The molecular formula is C23H25ClN2O5. The summed E-state index contributed by atoms with van der Waals surface area (Å²) < 4.78 is 10.5. The number of benzene rings is 2. The molecule has 2 aromatic rings. The minimum absolute atomic E-state index is 0.0866. The van der Waals surface area contributed by atoms with Crippen LogP contribution in [0.5, 0.6) is 5.75 Å². The number of unbranched alkanes of at least 4 members (excludes halogenated alkanes) is 1. The lowest BCUT2D eigenvalue weighted by molar-refractivity contribution is -0.122. The minimum atomic E-state index is -0.519. The van der Waals surface area contributed by atoms with E-state index < -0.39 is 5.92 Å². The Morgan fingerprint density at radius 2 is 1.94 bits per heavy atom. The van der Waals surface area contributed by atoms with Crippen molar-refractivity contribution in [3.05, 3.63) is 53.1 Å². The summed E-state index contributed by atoms with van der Waals surface area (Å²) in [5, 5.41) is 3.28. The quantitative estimate of drug-likeness (QED) is 0.484. The standard InChI is InChI=1S/C23H25ClN2O5/c1-3-4-11-31-23(29)15-5-8-18(9-6-15)25-22(28)16-12-21(27)26(14-16)19-13-17(24)7-10-20(19)30-2/h5-10,13,16H,3-4,11-12,14H2,1-2H3,(H,25,28)/t16-/m0/s1. The van der Waals surface area contributed by atoms with Crippen molar-refractivity contribution in [1.82, 2.24) is 0 Å². The van der Waals surface area contributed by atoms with Crippen LogP contribution >= 0.6 is 11.6 Å². The van der Waals surface area contributed by atoms with Crippen LogP contribution in [0.1, 0.15) is 36.5 Å². The number of nitrogens with zero attached hydrogens (tertiary/aromatic N) is 1. The summed E-state index contributed by atoms with van der Waals surface area (Å²) in [5.74, 6) is -0.838. The van der Waals surface area contributed by atoms with E-state index in [1.165, 1.54) is 12.0 Å². The highest BCUT2D eigenvalue weighted by atomic mass is 35.5. The van der Waals surface area contributed by atoms with Gasteiger partial charge in [0.05, 0.1) is 30.9 Å². The van der Waals surface area contributed by atoms with Crippen LogP contribution in [-0.2, 0) is 14.3 Å². The van der Waals surface area contributed by atoms with Gasteiger partial charge in [-0.2, -0.15) is 0 Å². The maximum absolute atomic E-state index is 12.7. The van der Waals surface area contributed by atoms with Crippen LogP contribution in [0.2, 0.25) is 5.02 Å². The minimum Gasteiger partial charge on any atom is -0.495 e. The molecule has 0 aliphatic carbocycles. The lowest BCUT2D eigenvalue weighted by atomic mass is 10.1. The summed E-state index contributed by atoms with van der Waals surface area (Å²) in [6, 6.07) is 11.5. The summed E-state index contributed by atoms with van der Waals surface area (Å²) in [7, 11) is 1.51. The first-order valence-corrected chi connectivity index (χ1v) is 10.5. The van der Waals surface area contributed by atoms with E-state index in [4.69, 9.17) is 21.1 Å². The summed E-state index contributed by atoms with van der Waals surface area (Å²) >= 11 is 6.07. The topological polar surface area (TPSA) is 84.9 Å². The normalized spacial score (nSPS) is 15.6. The first-order chi connectivity index (χ1) is 14.9. The highest BCUT2D eigenvalue weighted by molar-refractivity contribution is 6.31. The van der Waals surface area contributed by atoms with E-state index >= 15 is 0 Å². The molecule has 31 heavy (non-hydrogen) atoms. The van der Waals surface area contributed by atoms with E-state index in [1.807, 2.05) is 6.92 Å². The van der Waals surface area contributed by atoms with Gasteiger partial charge >= 0.3 is 5.97 Å². The van der Waals surface area contributed by atoms with Crippen LogP contribution in [0.4, 0.5) is 11.4 Å². The Bertz CT molecular complexity index is 961. The maximum atomic E-state index is 12.7. The molecule has 1 N–H and O–H groups in total. The van der Waals surface area contributed by atoms with E-state index in [2.05, 4.69) is 5.32 Å². The summed E-state index contributed by atoms with van der Waals surface area (Å²) in [5.41, 5.74) is 1.51. The van der Waals surface area contributed by atoms with Gasteiger partial charge in [0.1, 0.15) is 5.75 Å². The monoisotopic (exact) mass is 444 g/mol. The molecule has 0 aromatic heterocycles. The summed E-state index contributed by atoms with van der Waals surface area (Å²) in [6.07, 6.45) is 1.85. The fraction of sp³-hybridized carbons (Fsp3) is 0.348. The van der Waals surface area contributed by atoms with Gasteiger partial charge < -0.3 is 19.7 Å². The van der Waals surface area contributed by atoms with Gasteiger partial charge in [0.15, 0.2) is 0 Å². The van der Waals surface area contributed by atoms with E-state index in [0.717, 1.165) is 12.8 Å². The number of amides is 2. The second-order valence-electron chi connectivity index (χ2n) is 7.28. The van der Waals surface area contributed by atoms with Crippen molar-refractivity contribution < 1.29 is 23.9 Å². The second-order valence-corrected chi connectivity index (χ2v) is 7.71. The smallest absolute Gasteiger partial charge is 0.338 e. The number of ether oxygens (including phenoxy) is 2. The fourth-order valence-electron chi connectivity index (χ4n) is 3.32. The van der Waals surface area contributed by atoms with Crippen molar-refractivity contribution in [2.75, 3.05) is 30.5 Å². The molecule has 0 saturated carbocycles. The number of nitrogens with one attached hydrogen (secondary N) is 1. The van der Waals surface area contributed by atoms with E-state index in [-0.39, 0.29) is 30.7 Å². The van der Waals surface area contributed by atoms with Crippen molar-refractivity contribution >= 4 is 40.8 Å². The zero-order chi connectivity index (χ0) is 22.4. The molecule has 1 aliphatic heterocycles. The highest BCUT2D eigenvalue weighted by Gasteiger charge is 2.36. The number of hydrogen-bond acceptors (Lipinski definition) is 5. The molecular weight excluding hydrogens is 420 g/mol. The molecule has 0 bridgehead atoms. The van der Waals surface area contributed by atoms with Gasteiger partial charge in [0.25, 0.3) is 0 Å². The van der Waals surface area contributed by atoms with Gasteiger partial charge in [0.2, 0.25) is 11.8 Å². The summed E-state index contributed by atoms with van der Waals surface area (Å²) in [6.45, 7) is 2.63. The lowest BCUT2D eigenvalue weighted by Gasteiger charge is -2.20. The van der Waals surface area contributed by atoms with Crippen LogP contribution in [0.15, 0.2) is 42.5 Å². The zero-order valence-corrected chi connectivity index (χ0v) is 18.3. The number of rotatable bonds is 8. The van der Waals surface area contributed by atoms with Crippen molar-refractivity contribution in [2.24, 2.45) is 5.92 Å². The molecule has 2 amide bonds. The fourth-order valence-corrected chi connectivity index (χ4v) is 3.48. The first-order valence-electron chi connectivity index (χ1n) is 10.1. The lowest BCUT2D eigenvalue weighted by Crippen LogP contribution is -2.28. The molecule has 8 heteroatoms. The molecule has 0 radical (unpaired) electrons. The van der Waals surface area contributed by atoms with Crippen LogP contribution < -0.4 is 15.0 Å². The predicted molar refractivity (Wildman–Crippen MR) is 119 cm³/mol. The number of hydrogen-bond donors (Lipinski definition) is 1. The molecule has 1 aliphatic rings. The van der Waals surface area contributed by atoms with E-state index in [1.54, 1.807) is 42.5 Å². The Balaban J connectivity index is 1.62. The maximum Gasteiger partial charge on any atom is 0.338 e. The third-order valence-electron chi connectivity index (χ3n) is 5.05. The zero-order valence-electron chi connectivity index (χ0n) is 17.5. The average Bonchev–Trinajstić information content (AvgIpc) is 3.16. The molecule has 0 spiro atoms. The first kappa shape index (κ1) is 22.6. The average molecular weight is 445 g/mol.